The van der Waals surface area contributed by atoms with E-state index in [1.807, 2.05) is 16.7 Å². The highest BCUT2D eigenvalue weighted by atomic mass is 35.5. The number of nitriles is 1. The second-order valence-corrected chi connectivity index (χ2v) is 10.2. The maximum atomic E-state index is 12.9. The fraction of sp³-hybridized carbons (Fsp3) is 0.286. The molecule has 3 aromatic heterocycles. The molecule has 0 saturated heterocycles. The van der Waals surface area contributed by atoms with Crippen LogP contribution in [0.1, 0.15) is 59.0 Å². The fourth-order valence-corrected chi connectivity index (χ4v) is 5.06. The molecule has 0 radical (unpaired) electrons. The molecule has 1 amide bonds. The molecule has 2 aliphatic carbocycles. The van der Waals surface area contributed by atoms with Gasteiger partial charge in [-0.25, -0.2) is 9.97 Å². The summed E-state index contributed by atoms with van der Waals surface area (Å²) in [4.78, 5) is 21.8. The van der Waals surface area contributed by atoms with Crippen molar-refractivity contribution < 1.29 is 9.90 Å². The fourth-order valence-electron chi connectivity index (χ4n) is 4.88. The van der Waals surface area contributed by atoms with Crippen molar-refractivity contribution in [3.05, 3.63) is 88.0 Å². The van der Waals surface area contributed by atoms with Gasteiger partial charge in [-0.2, -0.15) is 5.26 Å². The number of nitrogens with one attached hydrogen (secondary N) is 2. The molecule has 4 aromatic rings. The van der Waals surface area contributed by atoms with E-state index in [1.165, 1.54) is 18.4 Å². The molecule has 37 heavy (non-hydrogen) atoms. The minimum atomic E-state index is -0.219. The molecule has 3 heterocycles. The summed E-state index contributed by atoms with van der Waals surface area (Å²) < 4.78 is 2.00. The number of benzene rings is 1. The third-order valence-corrected chi connectivity index (χ3v) is 7.30. The van der Waals surface area contributed by atoms with Crippen molar-refractivity contribution in [1.82, 2.24) is 14.4 Å². The Balaban J connectivity index is 1.11. The Bertz CT molecular complexity index is 1550. The molecule has 8 nitrogen and oxygen atoms in total. The Morgan fingerprint density at radius 3 is 2.86 bits per heavy atom. The first-order chi connectivity index (χ1) is 18.0. The Hall–Kier alpha value is -3.93. The molecule has 2 atom stereocenters. The number of carbonyl (C=O) groups excluding carboxylic acids is 1. The molecular formula is C28H25ClN6O2. The number of anilines is 2. The van der Waals surface area contributed by atoms with Crippen LogP contribution in [0.3, 0.4) is 0 Å². The van der Waals surface area contributed by atoms with Crippen LogP contribution in [0.15, 0.2) is 55.0 Å². The summed E-state index contributed by atoms with van der Waals surface area (Å²) in [6, 6.07) is 13.0. The van der Waals surface area contributed by atoms with Crippen molar-refractivity contribution in [3.63, 3.8) is 0 Å². The van der Waals surface area contributed by atoms with Gasteiger partial charge < -0.3 is 20.1 Å². The Morgan fingerprint density at radius 2 is 2.08 bits per heavy atom. The predicted octanol–water partition coefficient (Wildman–Crippen LogP) is 4.98. The van der Waals surface area contributed by atoms with Gasteiger partial charge in [0, 0.05) is 46.8 Å². The lowest BCUT2D eigenvalue weighted by molar-refractivity contribution is -0.117. The molecule has 2 fully saturated rings. The summed E-state index contributed by atoms with van der Waals surface area (Å²) in [5.41, 5.74) is 5.88. The van der Waals surface area contributed by atoms with Gasteiger partial charge in [-0.05, 0) is 72.6 Å². The van der Waals surface area contributed by atoms with E-state index in [1.54, 1.807) is 30.5 Å². The minimum absolute atomic E-state index is 0.0195. The summed E-state index contributed by atoms with van der Waals surface area (Å²) in [5.74, 6) is 0.687. The van der Waals surface area contributed by atoms with Crippen molar-refractivity contribution in [2.75, 3.05) is 10.6 Å². The van der Waals surface area contributed by atoms with Gasteiger partial charge in [0.1, 0.15) is 11.5 Å². The monoisotopic (exact) mass is 512 g/mol. The zero-order chi connectivity index (χ0) is 25.5. The van der Waals surface area contributed by atoms with E-state index in [0.29, 0.717) is 35.3 Å². The Kier molecular flexibility index (Phi) is 6.03. The highest BCUT2D eigenvalue weighted by Gasteiger charge is 2.45. The average molecular weight is 513 g/mol. The first-order valence-electron chi connectivity index (χ1n) is 12.3. The summed E-state index contributed by atoms with van der Waals surface area (Å²) in [7, 11) is 0. The van der Waals surface area contributed by atoms with Crippen LogP contribution < -0.4 is 10.6 Å². The smallest absolute Gasteiger partial charge is 0.229 e. The van der Waals surface area contributed by atoms with Gasteiger partial charge >= 0.3 is 0 Å². The van der Waals surface area contributed by atoms with Gasteiger partial charge in [-0.15, -0.1) is 0 Å². The van der Waals surface area contributed by atoms with Crippen molar-refractivity contribution in [2.45, 2.75) is 44.2 Å². The van der Waals surface area contributed by atoms with E-state index < -0.39 is 0 Å². The quantitative estimate of drug-likeness (QED) is 0.307. The zero-order valence-electron chi connectivity index (χ0n) is 20.0. The van der Waals surface area contributed by atoms with Crippen molar-refractivity contribution in [2.24, 2.45) is 5.92 Å². The number of pyridine rings is 2. The van der Waals surface area contributed by atoms with E-state index in [2.05, 4.69) is 33.9 Å². The summed E-state index contributed by atoms with van der Waals surface area (Å²) >= 11 is 6.11. The molecule has 1 aromatic carbocycles. The van der Waals surface area contributed by atoms with Gasteiger partial charge in [0.2, 0.25) is 5.91 Å². The van der Waals surface area contributed by atoms with Gasteiger partial charge in [-0.1, -0.05) is 11.6 Å². The SMILES string of the molecule is N#Cc1ccc(Cl)cc1C1CC1C(=O)Nc1cc(NCc2cn3cc(C4CC4)cc(CO)c3n2)ccn1. The predicted molar refractivity (Wildman–Crippen MR) is 140 cm³/mol. The number of amides is 1. The van der Waals surface area contributed by atoms with Crippen LogP contribution in [0.5, 0.6) is 0 Å². The maximum absolute atomic E-state index is 12.9. The topological polar surface area (TPSA) is 115 Å². The number of carbonyl (C=O) groups is 1. The normalized spacial score (nSPS) is 18.4. The van der Waals surface area contributed by atoms with Gasteiger partial charge in [0.05, 0.1) is 30.5 Å². The molecular weight excluding hydrogens is 488 g/mol. The molecule has 0 aliphatic heterocycles. The Morgan fingerprint density at radius 1 is 1.22 bits per heavy atom. The third kappa shape index (κ3) is 4.88. The number of hydrogen-bond donors (Lipinski definition) is 3. The van der Waals surface area contributed by atoms with Crippen molar-refractivity contribution in [1.29, 1.82) is 5.26 Å². The number of nitrogens with zero attached hydrogens (tertiary/aromatic N) is 4. The van der Waals surface area contributed by atoms with E-state index in [-0.39, 0.29) is 24.3 Å². The molecule has 2 saturated carbocycles. The average Bonchev–Trinajstić information content (AvgIpc) is 3.83. The van der Waals surface area contributed by atoms with Crippen molar-refractivity contribution >= 4 is 34.7 Å². The lowest BCUT2D eigenvalue weighted by Crippen LogP contribution is -2.16. The second-order valence-electron chi connectivity index (χ2n) is 9.76. The van der Waals surface area contributed by atoms with E-state index in [9.17, 15) is 15.2 Å². The lowest BCUT2D eigenvalue weighted by Gasteiger charge is -2.08. The standard InChI is InChI=1S/C28H25ClN6O2/c29-20-4-3-17(11-30)23(8-20)24-10-25(24)28(37)34-26-9-21(5-6-31-26)32-12-22-14-35-13-18(16-1-2-16)7-19(15-36)27(35)33-22/h3-9,13-14,16,24-25,36H,1-2,10,12,15H2,(H2,31,32,34,37). The van der Waals surface area contributed by atoms with Gasteiger partial charge in [0.15, 0.2) is 0 Å². The van der Waals surface area contributed by atoms with Crippen LogP contribution in [0, 0.1) is 17.2 Å². The summed E-state index contributed by atoms with van der Waals surface area (Å²) in [6.45, 7) is 0.442. The lowest BCUT2D eigenvalue weighted by atomic mass is 10.0. The van der Waals surface area contributed by atoms with E-state index >= 15 is 0 Å². The molecule has 2 aliphatic rings. The van der Waals surface area contributed by atoms with Crippen LogP contribution >= 0.6 is 11.6 Å². The number of hydrogen-bond acceptors (Lipinski definition) is 6. The first-order valence-corrected chi connectivity index (χ1v) is 12.7. The van der Waals surface area contributed by atoms with Crippen LogP contribution in [0.4, 0.5) is 11.5 Å². The Labute approximate surface area is 218 Å². The third-order valence-electron chi connectivity index (χ3n) is 7.06. The number of aromatic nitrogens is 3. The minimum Gasteiger partial charge on any atom is -0.392 e. The first kappa shape index (κ1) is 23.5. The van der Waals surface area contributed by atoms with Crippen molar-refractivity contribution in [3.8, 4) is 6.07 Å². The van der Waals surface area contributed by atoms with E-state index in [4.69, 9.17) is 16.6 Å². The molecule has 0 bridgehead atoms. The second kappa shape index (κ2) is 9.51. The van der Waals surface area contributed by atoms with Crippen LogP contribution in [-0.4, -0.2) is 25.4 Å². The molecule has 186 valence electrons. The molecule has 3 N–H and O–H groups in total. The largest absolute Gasteiger partial charge is 0.392 e. The zero-order valence-corrected chi connectivity index (χ0v) is 20.7. The molecule has 6 rings (SSSR count). The number of imidazole rings is 1. The highest BCUT2D eigenvalue weighted by molar-refractivity contribution is 6.30. The number of aliphatic hydroxyl groups is 1. The number of aliphatic hydroxyl groups excluding tert-OH is 1. The summed E-state index contributed by atoms with van der Waals surface area (Å²) in [6.07, 6.45) is 8.80. The summed E-state index contributed by atoms with van der Waals surface area (Å²) in [5, 5.41) is 26.0. The maximum Gasteiger partial charge on any atom is 0.229 e. The van der Waals surface area contributed by atoms with Gasteiger partial charge in [-0.3, -0.25) is 4.79 Å². The highest BCUT2D eigenvalue weighted by Crippen LogP contribution is 2.49. The van der Waals surface area contributed by atoms with Gasteiger partial charge in [0.25, 0.3) is 0 Å². The molecule has 9 heteroatoms. The van der Waals surface area contributed by atoms with Crippen LogP contribution in [0.2, 0.25) is 5.02 Å². The van der Waals surface area contributed by atoms with Crippen LogP contribution in [0.25, 0.3) is 5.65 Å². The number of fused-ring (bicyclic) bond motifs is 1. The molecule has 0 spiro atoms. The van der Waals surface area contributed by atoms with E-state index in [0.717, 1.165) is 28.2 Å². The van der Waals surface area contributed by atoms with Crippen LogP contribution in [-0.2, 0) is 17.9 Å². The number of halogens is 1. The molecule has 2 unspecified atom stereocenters. The number of rotatable bonds is 8.